The number of hydrogen-bond acceptors (Lipinski definition) is 4. The summed E-state index contributed by atoms with van der Waals surface area (Å²) in [4.78, 5) is 26.2. The van der Waals surface area contributed by atoms with E-state index in [4.69, 9.17) is 9.47 Å². The maximum absolute atomic E-state index is 12.8. The van der Waals surface area contributed by atoms with Crippen molar-refractivity contribution in [1.82, 2.24) is 0 Å². The predicted molar refractivity (Wildman–Crippen MR) is 95.3 cm³/mol. The highest BCUT2D eigenvalue weighted by molar-refractivity contribution is 6.05. The summed E-state index contributed by atoms with van der Waals surface area (Å²) in [6.07, 6.45) is 3.35. The summed E-state index contributed by atoms with van der Waals surface area (Å²) in [6, 6.07) is 16.5. The summed E-state index contributed by atoms with van der Waals surface area (Å²) in [5.41, 5.74) is 1.59. The van der Waals surface area contributed by atoms with Crippen LogP contribution in [0.4, 0.5) is 5.69 Å². The molecular formula is C20H19NO4. The SMILES string of the molecule is COC(=O)C[C@@H]1COc2ccccc2N1C(=O)/C=C/c1ccccc1. The maximum Gasteiger partial charge on any atom is 0.307 e. The molecule has 25 heavy (non-hydrogen) atoms. The van der Waals surface area contributed by atoms with Gasteiger partial charge in [-0.05, 0) is 23.8 Å². The van der Waals surface area contributed by atoms with Crippen LogP contribution < -0.4 is 9.64 Å². The Morgan fingerprint density at radius 1 is 1.16 bits per heavy atom. The number of carbonyl (C=O) groups is 2. The largest absolute Gasteiger partial charge is 0.489 e. The van der Waals surface area contributed by atoms with Crippen LogP contribution in [0.2, 0.25) is 0 Å². The van der Waals surface area contributed by atoms with Gasteiger partial charge in [0.2, 0.25) is 0 Å². The first-order valence-electron chi connectivity index (χ1n) is 8.04. The topological polar surface area (TPSA) is 55.8 Å². The highest BCUT2D eigenvalue weighted by Gasteiger charge is 2.32. The van der Waals surface area contributed by atoms with Gasteiger partial charge < -0.3 is 9.47 Å². The minimum absolute atomic E-state index is 0.0791. The average Bonchev–Trinajstić information content (AvgIpc) is 2.66. The molecule has 1 aliphatic heterocycles. The molecule has 0 aromatic heterocycles. The summed E-state index contributed by atoms with van der Waals surface area (Å²) in [6.45, 7) is 0.247. The molecule has 0 aliphatic carbocycles. The molecule has 0 saturated heterocycles. The van der Waals surface area contributed by atoms with Gasteiger partial charge >= 0.3 is 5.97 Å². The molecule has 0 saturated carbocycles. The number of fused-ring (bicyclic) bond motifs is 1. The molecular weight excluding hydrogens is 318 g/mol. The Morgan fingerprint density at radius 3 is 2.64 bits per heavy atom. The van der Waals surface area contributed by atoms with Gasteiger partial charge in [0.05, 0.1) is 25.3 Å². The molecule has 0 N–H and O–H groups in total. The van der Waals surface area contributed by atoms with E-state index in [0.717, 1.165) is 5.56 Å². The molecule has 5 heteroatoms. The molecule has 1 aliphatic rings. The summed E-state index contributed by atoms with van der Waals surface area (Å²) in [7, 11) is 1.33. The third-order valence-corrected chi connectivity index (χ3v) is 4.01. The van der Waals surface area contributed by atoms with E-state index in [1.807, 2.05) is 54.6 Å². The van der Waals surface area contributed by atoms with Gasteiger partial charge in [-0.25, -0.2) is 0 Å². The van der Waals surface area contributed by atoms with E-state index >= 15 is 0 Å². The Bertz CT molecular complexity index is 785. The highest BCUT2D eigenvalue weighted by Crippen LogP contribution is 2.34. The minimum Gasteiger partial charge on any atom is -0.489 e. The number of hydrogen-bond donors (Lipinski definition) is 0. The van der Waals surface area contributed by atoms with Crippen LogP contribution in [0.15, 0.2) is 60.7 Å². The molecule has 1 amide bonds. The van der Waals surface area contributed by atoms with Crippen LogP contribution in [0.25, 0.3) is 6.08 Å². The first-order chi connectivity index (χ1) is 12.2. The van der Waals surface area contributed by atoms with Crippen molar-refractivity contribution >= 4 is 23.6 Å². The molecule has 1 heterocycles. The van der Waals surface area contributed by atoms with Gasteiger partial charge in [0.25, 0.3) is 5.91 Å². The van der Waals surface area contributed by atoms with Gasteiger partial charge in [-0.2, -0.15) is 0 Å². The number of benzene rings is 2. The predicted octanol–water partition coefficient (Wildman–Crippen LogP) is 3.06. The fraction of sp³-hybridized carbons (Fsp3) is 0.200. The second-order valence-electron chi connectivity index (χ2n) is 5.67. The summed E-state index contributed by atoms with van der Waals surface area (Å²) >= 11 is 0. The monoisotopic (exact) mass is 337 g/mol. The highest BCUT2D eigenvalue weighted by atomic mass is 16.5. The number of anilines is 1. The lowest BCUT2D eigenvalue weighted by molar-refractivity contribution is -0.141. The van der Waals surface area contributed by atoms with E-state index in [-0.39, 0.29) is 24.9 Å². The van der Waals surface area contributed by atoms with E-state index in [1.165, 1.54) is 13.2 Å². The summed E-state index contributed by atoms with van der Waals surface area (Å²) in [5, 5.41) is 0. The van der Waals surface area contributed by atoms with Crippen LogP contribution in [0, 0.1) is 0 Å². The fourth-order valence-electron chi connectivity index (χ4n) is 2.77. The molecule has 5 nitrogen and oxygen atoms in total. The fourth-order valence-corrected chi connectivity index (χ4v) is 2.77. The third kappa shape index (κ3) is 3.88. The summed E-state index contributed by atoms with van der Waals surface area (Å²) < 4.78 is 10.4. The Balaban J connectivity index is 1.88. The molecule has 0 fully saturated rings. The number of para-hydroxylation sites is 2. The minimum atomic E-state index is -0.407. The van der Waals surface area contributed by atoms with Gasteiger partial charge in [-0.1, -0.05) is 42.5 Å². The number of methoxy groups -OCH3 is 1. The van der Waals surface area contributed by atoms with Crippen LogP contribution in [0.3, 0.4) is 0 Å². The number of ether oxygens (including phenoxy) is 2. The number of esters is 1. The van der Waals surface area contributed by atoms with Crippen molar-refractivity contribution in [3.05, 3.63) is 66.2 Å². The second kappa shape index (κ2) is 7.66. The number of amides is 1. The van der Waals surface area contributed by atoms with Gasteiger partial charge in [-0.3, -0.25) is 14.5 Å². The smallest absolute Gasteiger partial charge is 0.307 e. The van der Waals surface area contributed by atoms with Crippen LogP contribution in [-0.2, 0) is 14.3 Å². The number of rotatable bonds is 4. The Hall–Kier alpha value is -3.08. The zero-order valence-electron chi connectivity index (χ0n) is 13.9. The molecule has 2 aromatic carbocycles. The van der Waals surface area contributed by atoms with E-state index < -0.39 is 6.04 Å². The molecule has 2 aromatic rings. The first kappa shape index (κ1) is 16.8. The van der Waals surface area contributed by atoms with Crippen molar-refractivity contribution in [1.29, 1.82) is 0 Å². The third-order valence-electron chi connectivity index (χ3n) is 4.01. The van der Waals surface area contributed by atoms with Crippen molar-refractivity contribution in [3.8, 4) is 5.75 Å². The summed E-state index contributed by atoms with van der Waals surface area (Å²) in [5.74, 6) is 0.0522. The molecule has 0 bridgehead atoms. The molecule has 3 rings (SSSR count). The molecule has 0 radical (unpaired) electrons. The first-order valence-corrected chi connectivity index (χ1v) is 8.04. The van der Waals surface area contributed by atoms with Crippen molar-refractivity contribution in [2.45, 2.75) is 12.5 Å². The van der Waals surface area contributed by atoms with Crippen LogP contribution >= 0.6 is 0 Å². The van der Waals surface area contributed by atoms with E-state index in [9.17, 15) is 9.59 Å². The zero-order chi connectivity index (χ0) is 17.6. The molecule has 1 atom stereocenters. The molecule has 0 unspecified atom stereocenters. The number of nitrogens with zero attached hydrogens (tertiary/aromatic N) is 1. The Kier molecular flexibility index (Phi) is 5.14. The average molecular weight is 337 g/mol. The standard InChI is InChI=1S/C20H19NO4/c1-24-20(23)13-16-14-25-18-10-6-5-9-17(18)21(16)19(22)12-11-15-7-3-2-4-8-15/h2-12,16H,13-14H2,1H3/b12-11+/t16-/m1/s1. The lowest BCUT2D eigenvalue weighted by atomic mass is 10.1. The van der Waals surface area contributed by atoms with Gasteiger partial charge in [0.15, 0.2) is 0 Å². The van der Waals surface area contributed by atoms with Crippen molar-refractivity contribution in [3.63, 3.8) is 0 Å². The number of carbonyl (C=O) groups excluding carboxylic acids is 2. The van der Waals surface area contributed by atoms with Crippen molar-refractivity contribution < 1.29 is 19.1 Å². The van der Waals surface area contributed by atoms with Crippen LogP contribution in [0.5, 0.6) is 5.75 Å². The van der Waals surface area contributed by atoms with Crippen molar-refractivity contribution in [2.75, 3.05) is 18.6 Å². The van der Waals surface area contributed by atoms with E-state index in [1.54, 1.807) is 11.0 Å². The zero-order valence-corrected chi connectivity index (χ0v) is 13.9. The lowest BCUT2D eigenvalue weighted by Gasteiger charge is -2.35. The second-order valence-corrected chi connectivity index (χ2v) is 5.67. The van der Waals surface area contributed by atoms with Crippen LogP contribution in [0.1, 0.15) is 12.0 Å². The lowest BCUT2D eigenvalue weighted by Crippen LogP contribution is -2.47. The maximum atomic E-state index is 12.8. The van der Waals surface area contributed by atoms with Gasteiger partial charge in [0.1, 0.15) is 12.4 Å². The van der Waals surface area contributed by atoms with Gasteiger partial charge in [0, 0.05) is 6.08 Å². The Morgan fingerprint density at radius 2 is 1.88 bits per heavy atom. The van der Waals surface area contributed by atoms with Crippen molar-refractivity contribution in [2.24, 2.45) is 0 Å². The Labute approximate surface area is 146 Å². The molecule has 0 spiro atoms. The molecule has 128 valence electrons. The quantitative estimate of drug-likeness (QED) is 0.636. The van der Waals surface area contributed by atoms with Crippen LogP contribution in [-0.4, -0.2) is 31.6 Å². The van der Waals surface area contributed by atoms with E-state index in [0.29, 0.717) is 11.4 Å². The van der Waals surface area contributed by atoms with E-state index in [2.05, 4.69) is 0 Å². The normalized spacial score (nSPS) is 16.2. The van der Waals surface area contributed by atoms with Gasteiger partial charge in [-0.15, -0.1) is 0 Å².